The Morgan fingerprint density at radius 2 is 2.00 bits per heavy atom. The normalized spacial score (nSPS) is 26.7. The van der Waals surface area contributed by atoms with Gasteiger partial charge in [0.25, 0.3) is 0 Å². The molecule has 0 aromatic heterocycles. The largest absolute Gasteiger partial charge is 0.842 e. The molecule has 0 atom stereocenters. The first kappa shape index (κ1) is 8.50. The molecule has 0 N–H and O–H groups in total. The van der Waals surface area contributed by atoms with Crippen molar-refractivity contribution < 1.29 is 14.5 Å². The lowest BCUT2D eigenvalue weighted by Gasteiger charge is -2.29. The number of urea groups is 1. The molecule has 1 spiro atoms. The van der Waals surface area contributed by atoms with Crippen LogP contribution in [-0.2, 0) is 0 Å². The minimum atomic E-state index is -0.396. The fourth-order valence-corrected chi connectivity index (χ4v) is 1.96. The molecule has 0 radical (unpaired) electrons. The summed E-state index contributed by atoms with van der Waals surface area (Å²) in [4.78, 5) is 12.8. The van der Waals surface area contributed by atoms with Gasteiger partial charge in [-0.3, -0.25) is 4.90 Å². The summed E-state index contributed by atoms with van der Waals surface area (Å²) in [5.41, 5.74) is 0. The Labute approximate surface area is 76.8 Å². The minimum Gasteiger partial charge on any atom is -0.842 e. The predicted molar refractivity (Wildman–Crippen MR) is 44.4 cm³/mol. The zero-order chi connectivity index (χ0) is 9.47. The van der Waals surface area contributed by atoms with Crippen LogP contribution < -0.4 is 5.11 Å². The lowest BCUT2D eigenvalue weighted by molar-refractivity contribution is -0.860. The summed E-state index contributed by atoms with van der Waals surface area (Å²) in [6.07, 6.45) is 3.10. The number of carbonyl (C=O) groups is 1. The standard InChI is InChI=1S/C8H13N3O2/c1-10-7(12)9-11(8(10)13)5-3-2-4-6-11/h2-6H2,1H3. The molecule has 0 saturated carbocycles. The molecule has 0 aliphatic carbocycles. The molecular weight excluding hydrogens is 170 g/mol. The summed E-state index contributed by atoms with van der Waals surface area (Å²) in [6.45, 7) is 1.38. The maximum atomic E-state index is 11.7. The summed E-state index contributed by atoms with van der Waals surface area (Å²) in [7, 11) is 1.50. The van der Waals surface area contributed by atoms with Crippen molar-refractivity contribution in [2.24, 2.45) is 5.10 Å². The smallest absolute Gasteiger partial charge is 0.450 e. The van der Waals surface area contributed by atoms with Gasteiger partial charge in [0.1, 0.15) is 19.1 Å². The molecule has 2 aliphatic heterocycles. The molecule has 1 saturated heterocycles. The van der Waals surface area contributed by atoms with E-state index in [9.17, 15) is 9.90 Å². The monoisotopic (exact) mass is 183 g/mol. The van der Waals surface area contributed by atoms with E-state index in [1.54, 1.807) is 0 Å². The Morgan fingerprint density at radius 3 is 2.46 bits per heavy atom. The van der Waals surface area contributed by atoms with Gasteiger partial charge < -0.3 is 5.11 Å². The van der Waals surface area contributed by atoms with Crippen LogP contribution in [0.15, 0.2) is 5.10 Å². The number of amidine groups is 1. The van der Waals surface area contributed by atoms with Crippen LogP contribution in [0.5, 0.6) is 0 Å². The van der Waals surface area contributed by atoms with Crippen LogP contribution in [0.2, 0.25) is 0 Å². The molecule has 1 fully saturated rings. The third-order valence-electron chi connectivity index (χ3n) is 2.76. The molecule has 2 aliphatic rings. The van der Waals surface area contributed by atoms with Gasteiger partial charge >= 0.3 is 6.03 Å². The van der Waals surface area contributed by atoms with Crippen LogP contribution in [0.4, 0.5) is 4.79 Å². The quantitative estimate of drug-likeness (QED) is 0.483. The topological polar surface area (TPSA) is 55.7 Å². The van der Waals surface area contributed by atoms with Gasteiger partial charge in [-0.1, -0.05) is 5.10 Å². The van der Waals surface area contributed by atoms with Crippen LogP contribution in [0, 0.1) is 0 Å². The lowest BCUT2D eigenvalue weighted by atomic mass is 10.1. The molecule has 13 heavy (non-hydrogen) atoms. The van der Waals surface area contributed by atoms with E-state index in [0.29, 0.717) is 13.1 Å². The molecule has 0 unspecified atom stereocenters. The van der Waals surface area contributed by atoms with Gasteiger partial charge in [0, 0.05) is 7.05 Å². The van der Waals surface area contributed by atoms with Gasteiger partial charge in [-0.25, -0.2) is 4.79 Å². The predicted octanol–water partition coefficient (Wildman–Crippen LogP) is -0.316. The van der Waals surface area contributed by atoms with Crippen LogP contribution in [0.25, 0.3) is 0 Å². The molecule has 0 aromatic carbocycles. The second kappa shape index (κ2) is 2.70. The Kier molecular flexibility index (Phi) is 1.76. The van der Waals surface area contributed by atoms with Gasteiger partial charge in [0.2, 0.25) is 0 Å². The van der Waals surface area contributed by atoms with Crippen molar-refractivity contribution in [3.05, 3.63) is 0 Å². The Balaban J connectivity index is 2.27. The van der Waals surface area contributed by atoms with E-state index in [2.05, 4.69) is 5.10 Å². The van der Waals surface area contributed by atoms with E-state index >= 15 is 0 Å². The molecule has 2 rings (SSSR count). The molecule has 0 bridgehead atoms. The molecular formula is C8H13N3O2. The number of nitrogens with zero attached hydrogens (tertiary/aromatic N) is 3. The maximum absolute atomic E-state index is 11.7. The summed E-state index contributed by atoms with van der Waals surface area (Å²) < 4.78 is 0.0231. The molecule has 72 valence electrons. The lowest BCUT2D eigenvalue weighted by Crippen LogP contribution is -2.52. The summed E-state index contributed by atoms with van der Waals surface area (Å²) >= 11 is 0. The molecule has 0 aromatic rings. The van der Waals surface area contributed by atoms with E-state index < -0.39 is 6.02 Å². The first-order valence-electron chi connectivity index (χ1n) is 4.58. The van der Waals surface area contributed by atoms with E-state index in [0.717, 1.165) is 24.2 Å². The van der Waals surface area contributed by atoms with Crippen LogP contribution in [0.1, 0.15) is 19.3 Å². The Bertz CT molecular complexity index is 269. The summed E-state index contributed by atoms with van der Waals surface area (Å²) in [5.74, 6) is 0. The van der Waals surface area contributed by atoms with Crippen LogP contribution in [0.3, 0.4) is 0 Å². The zero-order valence-corrected chi connectivity index (χ0v) is 7.69. The highest BCUT2D eigenvalue weighted by Crippen LogP contribution is 2.25. The number of hydrogen-bond acceptors (Lipinski definition) is 3. The fraction of sp³-hybridized carbons (Fsp3) is 0.750. The molecule has 2 amide bonds. The van der Waals surface area contributed by atoms with E-state index in [1.807, 2.05) is 0 Å². The fourth-order valence-electron chi connectivity index (χ4n) is 1.96. The number of amides is 2. The van der Waals surface area contributed by atoms with Gasteiger partial charge in [-0.2, -0.15) is 0 Å². The second-order valence-electron chi connectivity index (χ2n) is 3.65. The summed E-state index contributed by atoms with van der Waals surface area (Å²) in [6, 6.07) is -0.559. The van der Waals surface area contributed by atoms with Crippen molar-refractivity contribution >= 4 is 12.1 Å². The minimum absolute atomic E-state index is 0.0231. The first-order chi connectivity index (χ1) is 6.16. The van der Waals surface area contributed by atoms with Crippen LogP contribution >= 0.6 is 0 Å². The van der Waals surface area contributed by atoms with Gasteiger partial charge in [0.05, 0.1) is 0 Å². The van der Waals surface area contributed by atoms with Crippen molar-refractivity contribution in [2.45, 2.75) is 19.3 Å². The maximum Gasteiger partial charge on any atom is 0.450 e. The Morgan fingerprint density at radius 1 is 1.38 bits per heavy atom. The third kappa shape index (κ3) is 1.11. The van der Waals surface area contributed by atoms with Crippen LogP contribution in [-0.4, -0.2) is 41.7 Å². The first-order valence-corrected chi connectivity index (χ1v) is 4.58. The number of rotatable bonds is 0. The molecule has 5 heteroatoms. The number of carbonyl (C=O) groups excluding carboxylic acids is 1. The van der Waals surface area contributed by atoms with E-state index in [4.69, 9.17) is 0 Å². The van der Waals surface area contributed by atoms with Crippen molar-refractivity contribution in [1.29, 1.82) is 0 Å². The highest BCUT2D eigenvalue weighted by molar-refractivity contribution is 5.90. The van der Waals surface area contributed by atoms with Crippen molar-refractivity contribution in [3.8, 4) is 0 Å². The van der Waals surface area contributed by atoms with Gasteiger partial charge in [-0.05, 0) is 19.3 Å². The van der Waals surface area contributed by atoms with Crippen molar-refractivity contribution in [3.63, 3.8) is 0 Å². The Hall–Kier alpha value is -1.10. The van der Waals surface area contributed by atoms with Crippen molar-refractivity contribution in [1.82, 2.24) is 4.90 Å². The zero-order valence-electron chi connectivity index (χ0n) is 7.69. The number of hydrogen-bond donors (Lipinski definition) is 0. The SMILES string of the molecule is CN1C(=O)[N+]2(CCCCC2)N=C1[O-]. The molecule has 5 nitrogen and oxygen atoms in total. The van der Waals surface area contributed by atoms with Crippen molar-refractivity contribution in [2.75, 3.05) is 20.1 Å². The molecule has 2 heterocycles. The van der Waals surface area contributed by atoms with Gasteiger partial charge in [-0.15, -0.1) is 4.59 Å². The highest BCUT2D eigenvalue weighted by Gasteiger charge is 2.46. The average Bonchev–Trinajstić information content (AvgIpc) is 2.33. The second-order valence-corrected chi connectivity index (χ2v) is 3.65. The van der Waals surface area contributed by atoms with E-state index in [-0.39, 0.29) is 10.6 Å². The third-order valence-corrected chi connectivity index (χ3v) is 2.76. The highest BCUT2D eigenvalue weighted by atomic mass is 16.3. The summed E-state index contributed by atoms with van der Waals surface area (Å²) in [5, 5.41) is 15.1. The van der Waals surface area contributed by atoms with Gasteiger partial charge in [0.15, 0.2) is 0 Å². The average molecular weight is 183 g/mol. The number of piperidine rings is 1. The number of quaternary nitrogens is 1. The van der Waals surface area contributed by atoms with E-state index in [1.165, 1.54) is 7.05 Å².